The van der Waals surface area contributed by atoms with Gasteiger partial charge < -0.3 is 9.13 Å². The summed E-state index contributed by atoms with van der Waals surface area (Å²) in [7, 11) is 0. The minimum absolute atomic E-state index is 0.632. The molecule has 502 valence electrons. The highest BCUT2D eigenvalue weighted by molar-refractivity contribution is 7.27. The van der Waals surface area contributed by atoms with Gasteiger partial charge >= 0.3 is 0 Å². The molecule has 108 heavy (non-hydrogen) atoms. The number of thiophene rings is 2. The lowest BCUT2D eigenvalue weighted by atomic mass is 9.94. The van der Waals surface area contributed by atoms with Crippen molar-refractivity contribution in [3.05, 3.63) is 352 Å². The van der Waals surface area contributed by atoms with Crippen LogP contribution in [0.25, 0.3) is 217 Å². The first kappa shape index (κ1) is 61.6. The van der Waals surface area contributed by atoms with Gasteiger partial charge in [-0.25, -0.2) is 29.9 Å². The molecule has 0 bridgehead atoms. The number of nitrogens with zero attached hydrogens (tertiary/aromatic N) is 8. The van der Waals surface area contributed by atoms with Crippen molar-refractivity contribution < 1.29 is 0 Å². The minimum Gasteiger partial charge on any atom is -0.308 e. The molecular formula is C98H58N8S2. The number of rotatable bonds is 8. The monoisotopic (exact) mass is 1410 g/mol. The normalized spacial score (nSPS) is 11.9. The minimum atomic E-state index is 0.632. The van der Waals surface area contributed by atoms with Crippen LogP contribution in [0.3, 0.4) is 0 Å². The molecule has 0 amide bonds. The summed E-state index contributed by atoms with van der Waals surface area (Å²) in [5.74, 6) is 1.28. The molecule has 0 aliphatic rings. The van der Waals surface area contributed by atoms with Gasteiger partial charge in [0.1, 0.15) is 0 Å². The molecule has 8 heterocycles. The number of benzene rings is 15. The summed E-state index contributed by atoms with van der Waals surface area (Å²) in [6, 6.07) is 121. The highest BCUT2D eigenvalue weighted by Crippen LogP contribution is 2.51. The quantitative estimate of drug-likeness (QED) is 0.151. The lowest BCUT2D eigenvalue weighted by Crippen LogP contribution is -1.99. The number of hydrogen-bond donors (Lipinski definition) is 0. The zero-order valence-electron chi connectivity index (χ0n) is 57.9. The summed E-state index contributed by atoms with van der Waals surface area (Å²) in [4.78, 5) is 30.3. The zero-order chi connectivity index (χ0) is 70.9. The zero-order valence-corrected chi connectivity index (χ0v) is 59.5. The summed E-state index contributed by atoms with van der Waals surface area (Å²) in [5, 5.41) is 19.6. The van der Waals surface area contributed by atoms with E-state index in [1.807, 2.05) is 41.0 Å². The molecule has 0 unspecified atom stereocenters. The average Bonchev–Trinajstić information content (AvgIpc) is 1.54. The third-order valence-corrected chi connectivity index (χ3v) is 23.8. The van der Waals surface area contributed by atoms with Crippen LogP contribution in [0.5, 0.6) is 0 Å². The van der Waals surface area contributed by atoms with Gasteiger partial charge in [-0.1, -0.05) is 243 Å². The van der Waals surface area contributed by atoms with Crippen LogP contribution >= 0.6 is 22.7 Å². The summed E-state index contributed by atoms with van der Waals surface area (Å²) >= 11 is 3.76. The molecule has 23 rings (SSSR count). The van der Waals surface area contributed by atoms with Crippen LogP contribution in [0.15, 0.2) is 352 Å². The molecule has 0 aliphatic heterocycles. The summed E-state index contributed by atoms with van der Waals surface area (Å²) in [5.41, 5.74) is 18.5. The van der Waals surface area contributed by atoms with Crippen molar-refractivity contribution in [3.63, 3.8) is 0 Å². The van der Waals surface area contributed by atoms with Crippen LogP contribution in [0.1, 0.15) is 0 Å². The van der Waals surface area contributed by atoms with E-state index in [-0.39, 0.29) is 0 Å². The van der Waals surface area contributed by atoms with Gasteiger partial charge in [0.2, 0.25) is 0 Å². The maximum Gasteiger partial charge on any atom is 0.163 e. The maximum atomic E-state index is 5.42. The van der Waals surface area contributed by atoms with Gasteiger partial charge in [-0.3, -0.25) is 0 Å². The summed E-state index contributed by atoms with van der Waals surface area (Å²) < 4.78 is 10.1. The topological polar surface area (TPSA) is 87.2 Å². The molecule has 10 heteroatoms. The summed E-state index contributed by atoms with van der Waals surface area (Å²) in [6.45, 7) is 0. The first-order valence-electron chi connectivity index (χ1n) is 36.3. The maximum absolute atomic E-state index is 5.42. The molecule has 0 atom stereocenters. The second-order valence-corrected chi connectivity index (χ2v) is 29.7. The van der Waals surface area contributed by atoms with Crippen LogP contribution in [0, 0.1) is 0 Å². The van der Waals surface area contributed by atoms with Crippen molar-refractivity contribution >= 4 is 161 Å². The standard InChI is InChI=1S/C53H32N4S.C45H26N4S/c1-3-15-33(16-4-1)36-29-37(34-17-5-2-6-18-34)31-38(30-36)49-44-25-14-28-54-53(44)56-52(55-49)35-19-13-20-39(32-35)57-45-26-11-9-23-42(45)47-40-21-7-8-22-41(40)48-43-24-10-12-27-46(43)58-51(48)50(47)57;1-2-12-28-25-29(23-22-27(28)11-1)41-36-19-10-24-46-45(36)48-44(47-41)30-13-9-14-31(26-30)49-37-20-7-5-17-34(37)39-32-15-3-4-16-33(32)40-35-18-6-8-21-38(35)50-43(40)42(39)49/h1-32H;1-26H. The van der Waals surface area contributed by atoms with E-state index in [0.29, 0.717) is 22.9 Å². The largest absolute Gasteiger partial charge is 0.308 e. The van der Waals surface area contributed by atoms with Gasteiger partial charge in [0.15, 0.2) is 22.9 Å². The molecule has 0 aliphatic carbocycles. The smallest absolute Gasteiger partial charge is 0.163 e. The number of aromatic nitrogens is 8. The first-order valence-corrected chi connectivity index (χ1v) is 37.9. The Morgan fingerprint density at radius 2 is 0.620 bits per heavy atom. The average molecular weight is 1410 g/mol. The molecule has 0 fully saturated rings. The van der Waals surface area contributed by atoms with Crippen molar-refractivity contribution in [1.82, 2.24) is 39.0 Å². The van der Waals surface area contributed by atoms with Crippen LogP contribution in [-0.2, 0) is 0 Å². The van der Waals surface area contributed by atoms with Crippen LogP contribution in [0.2, 0.25) is 0 Å². The fourth-order valence-electron chi connectivity index (χ4n) is 16.7. The Labute approximate surface area is 626 Å². The van der Waals surface area contributed by atoms with Gasteiger partial charge in [-0.05, 0) is 152 Å². The number of para-hydroxylation sites is 2. The molecular weight excluding hydrogens is 1350 g/mol. The van der Waals surface area contributed by atoms with Gasteiger partial charge in [-0.15, -0.1) is 22.7 Å². The van der Waals surface area contributed by atoms with Crippen LogP contribution in [0.4, 0.5) is 0 Å². The Morgan fingerprint density at radius 3 is 1.12 bits per heavy atom. The molecule has 0 saturated heterocycles. The molecule has 23 aromatic rings. The molecule has 8 aromatic heterocycles. The van der Waals surface area contributed by atoms with Crippen molar-refractivity contribution in [2.75, 3.05) is 0 Å². The molecule has 8 nitrogen and oxygen atoms in total. The Hall–Kier alpha value is -13.9. The van der Waals surface area contributed by atoms with E-state index in [1.165, 1.54) is 111 Å². The van der Waals surface area contributed by atoms with E-state index in [0.717, 1.165) is 83.6 Å². The highest BCUT2D eigenvalue weighted by atomic mass is 32.1. The van der Waals surface area contributed by atoms with E-state index in [9.17, 15) is 0 Å². The highest BCUT2D eigenvalue weighted by Gasteiger charge is 2.26. The Morgan fingerprint density at radius 1 is 0.231 bits per heavy atom. The summed E-state index contributed by atoms with van der Waals surface area (Å²) in [6.07, 6.45) is 3.62. The fourth-order valence-corrected chi connectivity index (χ4v) is 19.2. The third-order valence-electron chi connectivity index (χ3n) is 21.4. The number of fused-ring (bicyclic) bond motifs is 23. The Bertz CT molecular complexity index is 7590. The molecule has 0 saturated carbocycles. The second-order valence-electron chi connectivity index (χ2n) is 27.6. The van der Waals surface area contributed by atoms with Gasteiger partial charge in [0, 0.05) is 109 Å². The van der Waals surface area contributed by atoms with E-state index in [2.05, 4.69) is 337 Å². The predicted molar refractivity (Wildman–Crippen MR) is 454 cm³/mol. The SMILES string of the molecule is c1cc(-c2nc(-c3ccc4ccccc4c3)c3cccnc3n2)cc(-n2c3ccccc3c3c4ccccc4c4c5ccccc5sc4c32)c1.c1ccc(-c2cc(-c3ccccc3)cc(-c3nc(-c4cccc(-n5c6ccccc6c6c7ccccc7c7c8ccccc8sc7c65)c4)nc4ncccc34)c2)cc1. The van der Waals surface area contributed by atoms with Gasteiger partial charge in [-0.2, -0.15) is 0 Å². The van der Waals surface area contributed by atoms with Crippen molar-refractivity contribution in [2.45, 2.75) is 0 Å². The van der Waals surface area contributed by atoms with Crippen LogP contribution in [-0.4, -0.2) is 39.0 Å². The third kappa shape index (κ3) is 9.88. The van der Waals surface area contributed by atoms with Gasteiger partial charge in [0.05, 0.1) is 42.9 Å². The lowest BCUT2D eigenvalue weighted by molar-refractivity contribution is 1.17. The molecule has 0 N–H and O–H groups in total. The van der Waals surface area contributed by atoms with Crippen molar-refractivity contribution in [3.8, 4) is 78.9 Å². The number of hydrogen-bond acceptors (Lipinski definition) is 8. The second kappa shape index (κ2) is 24.9. The molecule has 0 spiro atoms. The molecule has 15 aromatic carbocycles. The van der Waals surface area contributed by atoms with Gasteiger partial charge in [0.25, 0.3) is 0 Å². The molecule has 0 radical (unpaired) electrons. The van der Waals surface area contributed by atoms with Crippen molar-refractivity contribution in [1.29, 1.82) is 0 Å². The van der Waals surface area contributed by atoms with E-state index in [4.69, 9.17) is 29.9 Å². The first-order chi connectivity index (χ1) is 53.6. The van der Waals surface area contributed by atoms with E-state index < -0.39 is 0 Å². The van der Waals surface area contributed by atoms with Crippen LogP contribution < -0.4 is 0 Å². The lowest BCUT2D eigenvalue weighted by Gasteiger charge is -2.14. The van der Waals surface area contributed by atoms with E-state index in [1.54, 1.807) is 6.20 Å². The Balaban J connectivity index is 0.000000135. The fraction of sp³-hybridized carbons (Fsp3) is 0. The predicted octanol–water partition coefficient (Wildman–Crippen LogP) is 26.4. The Kier molecular flexibility index (Phi) is 14.2. The van der Waals surface area contributed by atoms with Crippen molar-refractivity contribution in [2.24, 2.45) is 0 Å². The van der Waals surface area contributed by atoms with E-state index >= 15 is 0 Å². The number of pyridine rings is 2.